The molecule has 0 heterocycles. The number of rotatable bonds is 6. The van der Waals surface area contributed by atoms with Crippen LogP contribution >= 0.6 is 23.4 Å². The topological polar surface area (TPSA) is 63.4 Å². The first kappa shape index (κ1) is 18.7. The zero-order chi connectivity index (χ0) is 18.7. The number of hydrogen-bond acceptors (Lipinski definition) is 4. The SMILES string of the molecule is CN(Cc1cc([N+](=O)[O-])ccc1Cl)C(=O)CSc1ccc2c(c1)CCC2. The number of nitrogens with zero attached hydrogens (tertiary/aromatic N) is 2. The molecule has 0 unspecified atom stereocenters. The van der Waals surface area contributed by atoms with Crippen molar-refractivity contribution >= 4 is 35.0 Å². The second kappa shape index (κ2) is 8.10. The Hall–Kier alpha value is -2.05. The Bertz CT molecular complexity index is 857. The third kappa shape index (κ3) is 4.37. The third-order valence-electron chi connectivity index (χ3n) is 4.51. The molecule has 0 saturated heterocycles. The Balaban J connectivity index is 1.60. The average Bonchev–Trinajstić information content (AvgIpc) is 3.08. The maximum absolute atomic E-state index is 12.4. The van der Waals surface area contributed by atoms with Crippen LogP contribution in [0.3, 0.4) is 0 Å². The molecule has 0 aromatic heterocycles. The molecule has 0 atom stereocenters. The Morgan fingerprint density at radius 3 is 2.77 bits per heavy atom. The van der Waals surface area contributed by atoms with Crippen molar-refractivity contribution in [3.05, 3.63) is 68.2 Å². The van der Waals surface area contributed by atoms with E-state index in [2.05, 4.69) is 18.2 Å². The number of thioether (sulfide) groups is 1. The largest absolute Gasteiger partial charge is 0.341 e. The molecule has 0 saturated carbocycles. The summed E-state index contributed by atoms with van der Waals surface area (Å²) in [7, 11) is 1.68. The van der Waals surface area contributed by atoms with Gasteiger partial charge in [-0.1, -0.05) is 17.7 Å². The molecular formula is C19H19ClN2O3S. The lowest BCUT2D eigenvalue weighted by Gasteiger charge is -2.18. The molecule has 3 rings (SSSR count). The van der Waals surface area contributed by atoms with Crippen LogP contribution in [0.5, 0.6) is 0 Å². The van der Waals surface area contributed by atoms with E-state index in [4.69, 9.17) is 11.6 Å². The first-order valence-corrected chi connectivity index (χ1v) is 9.72. The van der Waals surface area contributed by atoms with Crippen LogP contribution in [-0.2, 0) is 24.2 Å². The number of carbonyl (C=O) groups excluding carboxylic acids is 1. The molecule has 2 aromatic carbocycles. The van der Waals surface area contributed by atoms with Crippen molar-refractivity contribution in [1.82, 2.24) is 4.90 Å². The molecule has 0 radical (unpaired) electrons. The van der Waals surface area contributed by atoms with Crippen molar-refractivity contribution < 1.29 is 9.72 Å². The molecule has 0 aliphatic heterocycles. The standard InChI is InChI=1S/C19H19ClN2O3S/c1-21(11-15-9-16(22(24)25)6-8-18(15)20)19(23)12-26-17-7-5-13-3-2-4-14(13)10-17/h5-10H,2-4,11-12H2,1H3. The number of halogens is 1. The molecule has 1 aliphatic rings. The molecule has 0 N–H and O–H groups in total. The molecular weight excluding hydrogens is 372 g/mol. The van der Waals surface area contributed by atoms with Crippen molar-refractivity contribution in [3.8, 4) is 0 Å². The highest BCUT2D eigenvalue weighted by Gasteiger charge is 2.16. The Kier molecular flexibility index (Phi) is 5.84. The summed E-state index contributed by atoms with van der Waals surface area (Å²) in [5.41, 5.74) is 3.34. The fourth-order valence-corrected chi connectivity index (χ4v) is 4.11. The summed E-state index contributed by atoms with van der Waals surface area (Å²) in [5.74, 6) is 0.278. The van der Waals surface area contributed by atoms with Crippen LogP contribution < -0.4 is 0 Å². The number of carbonyl (C=O) groups is 1. The molecule has 5 nitrogen and oxygen atoms in total. The molecule has 1 amide bonds. The molecule has 136 valence electrons. The van der Waals surface area contributed by atoms with Gasteiger partial charge in [0, 0.05) is 35.6 Å². The Morgan fingerprint density at radius 2 is 2.00 bits per heavy atom. The van der Waals surface area contributed by atoms with Crippen LogP contribution in [0.25, 0.3) is 0 Å². The van der Waals surface area contributed by atoms with Gasteiger partial charge >= 0.3 is 0 Å². The van der Waals surface area contributed by atoms with Gasteiger partial charge in [-0.25, -0.2) is 0 Å². The van der Waals surface area contributed by atoms with Gasteiger partial charge < -0.3 is 4.90 Å². The van der Waals surface area contributed by atoms with E-state index in [0.29, 0.717) is 16.3 Å². The van der Waals surface area contributed by atoms with Crippen molar-refractivity contribution in [2.24, 2.45) is 0 Å². The highest BCUT2D eigenvalue weighted by molar-refractivity contribution is 8.00. The van der Waals surface area contributed by atoms with Crippen LogP contribution in [0.15, 0.2) is 41.3 Å². The zero-order valence-corrected chi connectivity index (χ0v) is 16.0. The molecule has 0 bridgehead atoms. The molecule has 26 heavy (non-hydrogen) atoms. The van der Waals surface area contributed by atoms with E-state index in [1.807, 2.05) is 0 Å². The van der Waals surface area contributed by atoms with E-state index in [9.17, 15) is 14.9 Å². The van der Waals surface area contributed by atoms with E-state index >= 15 is 0 Å². The summed E-state index contributed by atoms with van der Waals surface area (Å²) in [6.07, 6.45) is 3.46. The van der Waals surface area contributed by atoms with Crippen molar-refractivity contribution in [2.45, 2.75) is 30.7 Å². The number of aryl methyl sites for hydroxylation is 2. The average molecular weight is 391 g/mol. The minimum atomic E-state index is -0.467. The summed E-state index contributed by atoms with van der Waals surface area (Å²) >= 11 is 7.62. The lowest BCUT2D eigenvalue weighted by molar-refractivity contribution is -0.384. The van der Waals surface area contributed by atoms with E-state index in [1.165, 1.54) is 47.5 Å². The van der Waals surface area contributed by atoms with Gasteiger partial charge in [0.1, 0.15) is 0 Å². The summed E-state index contributed by atoms with van der Waals surface area (Å²) in [6.45, 7) is 0.240. The first-order valence-electron chi connectivity index (χ1n) is 8.35. The van der Waals surface area contributed by atoms with Gasteiger partial charge in [-0.2, -0.15) is 0 Å². The normalized spacial score (nSPS) is 12.7. The maximum atomic E-state index is 12.4. The van der Waals surface area contributed by atoms with E-state index < -0.39 is 4.92 Å². The smallest absolute Gasteiger partial charge is 0.269 e. The zero-order valence-electron chi connectivity index (χ0n) is 14.4. The van der Waals surface area contributed by atoms with Gasteiger partial charge in [0.25, 0.3) is 5.69 Å². The molecule has 2 aromatic rings. The second-order valence-electron chi connectivity index (χ2n) is 6.36. The minimum absolute atomic E-state index is 0.0298. The summed E-state index contributed by atoms with van der Waals surface area (Å²) < 4.78 is 0. The van der Waals surface area contributed by atoms with Crippen molar-refractivity contribution in [2.75, 3.05) is 12.8 Å². The summed E-state index contributed by atoms with van der Waals surface area (Å²) in [4.78, 5) is 25.5. The molecule has 7 heteroatoms. The van der Waals surface area contributed by atoms with Gasteiger partial charge in [0.2, 0.25) is 5.91 Å². The number of nitro benzene ring substituents is 1. The first-order chi connectivity index (χ1) is 12.4. The number of hydrogen-bond donors (Lipinski definition) is 0. The predicted octanol–water partition coefficient (Wildman–Crippen LogP) is 4.49. The number of non-ortho nitro benzene ring substituents is 1. The van der Waals surface area contributed by atoms with E-state index in [-0.39, 0.29) is 18.1 Å². The predicted molar refractivity (Wildman–Crippen MR) is 104 cm³/mol. The Morgan fingerprint density at radius 1 is 1.23 bits per heavy atom. The lowest BCUT2D eigenvalue weighted by atomic mass is 10.1. The number of amides is 1. The number of nitro groups is 1. The highest BCUT2D eigenvalue weighted by atomic mass is 35.5. The molecule has 0 fully saturated rings. The fraction of sp³-hybridized carbons (Fsp3) is 0.316. The van der Waals surface area contributed by atoms with Gasteiger partial charge in [0.05, 0.1) is 10.7 Å². The quantitative estimate of drug-likeness (QED) is 0.414. The van der Waals surface area contributed by atoms with Gasteiger partial charge in [-0.15, -0.1) is 11.8 Å². The second-order valence-corrected chi connectivity index (χ2v) is 7.81. The third-order valence-corrected chi connectivity index (χ3v) is 5.85. The van der Waals surface area contributed by atoms with Crippen LogP contribution in [0, 0.1) is 10.1 Å². The molecule has 1 aliphatic carbocycles. The van der Waals surface area contributed by atoms with Gasteiger partial charge in [0.15, 0.2) is 0 Å². The van der Waals surface area contributed by atoms with Crippen molar-refractivity contribution in [1.29, 1.82) is 0 Å². The lowest BCUT2D eigenvalue weighted by Crippen LogP contribution is -2.27. The van der Waals surface area contributed by atoms with Crippen LogP contribution in [-0.4, -0.2) is 28.5 Å². The van der Waals surface area contributed by atoms with Crippen LogP contribution in [0.1, 0.15) is 23.1 Å². The highest BCUT2D eigenvalue weighted by Crippen LogP contribution is 2.28. The summed E-state index contributed by atoms with van der Waals surface area (Å²) in [6, 6.07) is 10.7. The Labute approximate surface area is 161 Å². The number of fused-ring (bicyclic) bond motifs is 1. The van der Waals surface area contributed by atoms with Crippen LogP contribution in [0.2, 0.25) is 5.02 Å². The molecule has 0 spiro atoms. The van der Waals surface area contributed by atoms with E-state index in [1.54, 1.807) is 11.9 Å². The number of benzene rings is 2. The monoisotopic (exact) mass is 390 g/mol. The van der Waals surface area contributed by atoms with Crippen LogP contribution in [0.4, 0.5) is 5.69 Å². The maximum Gasteiger partial charge on any atom is 0.269 e. The van der Waals surface area contributed by atoms with Crippen molar-refractivity contribution in [3.63, 3.8) is 0 Å². The minimum Gasteiger partial charge on any atom is -0.341 e. The fourth-order valence-electron chi connectivity index (χ4n) is 3.03. The summed E-state index contributed by atoms with van der Waals surface area (Å²) in [5, 5.41) is 11.3. The van der Waals surface area contributed by atoms with Gasteiger partial charge in [-0.05, 0) is 54.2 Å². The van der Waals surface area contributed by atoms with E-state index in [0.717, 1.165) is 17.7 Å². The van der Waals surface area contributed by atoms with Gasteiger partial charge in [-0.3, -0.25) is 14.9 Å².